The topological polar surface area (TPSA) is 65.4 Å². The summed E-state index contributed by atoms with van der Waals surface area (Å²) in [5.41, 5.74) is 0.934. The van der Waals surface area contributed by atoms with Crippen LogP contribution in [0.1, 0.15) is 36.6 Å². The average molecular weight is 349 g/mol. The molecule has 2 aromatic rings. The van der Waals surface area contributed by atoms with Crippen LogP contribution >= 0.6 is 0 Å². The van der Waals surface area contributed by atoms with Crippen molar-refractivity contribution in [2.24, 2.45) is 0 Å². The number of carbonyl (C=O) groups excluding carboxylic acids is 1. The first-order valence-electron chi connectivity index (χ1n) is 8.15. The Hall–Kier alpha value is -2.64. The SMILES string of the molecule is O=C(Cn1nc(C2CC2)cc1C(F)F)Nc1ccc2c(c1)OCCO2. The first-order valence-corrected chi connectivity index (χ1v) is 8.15. The molecule has 0 unspecified atom stereocenters. The molecule has 0 atom stereocenters. The van der Waals surface area contributed by atoms with Crippen molar-refractivity contribution < 1.29 is 23.0 Å². The van der Waals surface area contributed by atoms with E-state index in [4.69, 9.17) is 9.47 Å². The molecule has 6 nitrogen and oxygen atoms in total. The number of amides is 1. The molecule has 1 N–H and O–H groups in total. The lowest BCUT2D eigenvalue weighted by Crippen LogP contribution is -2.21. The standard InChI is InChI=1S/C17H17F2N3O3/c18-17(19)13-8-12(10-1-2-10)21-22(13)9-16(23)20-11-3-4-14-15(7-11)25-6-5-24-14/h3-4,7-8,10,17H,1-2,5-6,9H2,(H,20,23). The van der Waals surface area contributed by atoms with Crippen LogP contribution in [0.5, 0.6) is 11.5 Å². The first-order chi connectivity index (χ1) is 12.1. The van der Waals surface area contributed by atoms with Gasteiger partial charge in [-0.25, -0.2) is 8.78 Å². The summed E-state index contributed by atoms with van der Waals surface area (Å²) in [6, 6.07) is 6.44. The van der Waals surface area contributed by atoms with E-state index in [1.807, 2.05) is 0 Å². The van der Waals surface area contributed by atoms with Crippen molar-refractivity contribution in [1.29, 1.82) is 0 Å². The van der Waals surface area contributed by atoms with Crippen LogP contribution in [0.25, 0.3) is 0 Å². The molecule has 4 rings (SSSR count). The van der Waals surface area contributed by atoms with Crippen LogP contribution in [0.15, 0.2) is 24.3 Å². The van der Waals surface area contributed by atoms with Crippen LogP contribution < -0.4 is 14.8 Å². The minimum absolute atomic E-state index is 0.223. The summed E-state index contributed by atoms with van der Waals surface area (Å²) in [4.78, 5) is 12.2. The summed E-state index contributed by atoms with van der Waals surface area (Å²) in [5.74, 6) is 0.987. The van der Waals surface area contributed by atoms with Crippen molar-refractivity contribution in [1.82, 2.24) is 9.78 Å². The molecule has 1 aromatic carbocycles. The lowest BCUT2D eigenvalue weighted by molar-refractivity contribution is -0.117. The molecule has 0 spiro atoms. The quantitative estimate of drug-likeness (QED) is 0.901. The Labute approximate surface area is 142 Å². The van der Waals surface area contributed by atoms with E-state index in [0.717, 1.165) is 17.5 Å². The molecule has 1 aromatic heterocycles. The number of benzene rings is 1. The van der Waals surface area contributed by atoms with Crippen LogP contribution in [-0.2, 0) is 11.3 Å². The van der Waals surface area contributed by atoms with Gasteiger partial charge in [-0.1, -0.05) is 0 Å². The molecule has 1 fully saturated rings. The highest BCUT2D eigenvalue weighted by Gasteiger charge is 2.29. The predicted molar refractivity (Wildman–Crippen MR) is 85.2 cm³/mol. The maximum atomic E-state index is 13.2. The highest BCUT2D eigenvalue weighted by atomic mass is 19.3. The van der Waals surface area contributed by atoms with E-state index in [9.17, 15) is 13.6 Å². The van der Waals surface area contributed by atoms with Gasteiger partial charge in [-0.3, -0.25) is 9.48 Å². The van der Waals surface area contributed by atoms with Crippen LogP contribution in [0.4, 0.5) is 14.5 Å². The summed E-state index contributed by atoms with van der Waals surface area (Å²) >= 11 is 0. The number of hydrogen-bond acceptors (Lipinski definition) is 4. The first kappa shape index (κ1) is 15.9. The zero-order valence-electron chi connectivity index (χ0n) is 13.4. The number of ether oxygens (including phenoxy) is 2. The maximum absolute atomic E-state index is 13.2. The van der Waals surface area contributed by atoms with Gasteiger partial charge in [-0.2, -0.15) is 5.10 Å². The van der Waals surface area contributed by atoms with E-state index in [-0.39, 0.29) is 18.2 Å². The second-order valence-corrected chi connectivity index (χ2v) is 6.13. The largest absolute Gasteiger partial charge is 0.486 e. The van der Waals surface area contributed by atoms with E-state index < -0.39 is 12.3 Å². The van der Waals surface area contributed by atoms with Gasteiger partial charge in [0.15, 0.2) is 11.5 Å². The van der Waals surface area contributed by atoms with Crippen LogP contribution in [0.2, 0.25) is 0 Å². The van der Waals surface area contributed by atoms with Gasteiger partial charge in [0.05, 0.1) is 5.69 Å². The third kappa shape index (κ3) is 3.42. The molecule has 1 amide bonds. The van der Waals surface area contributed by atoms with Crippen molar-refractivity contribution >= 4 is 11.6 Å². The van der Waals surface area contributed by atoms with E-state index in [1.165, 1.54) is 6.07 Å². The van der Waals surface area contributed by atoms with E-state index in [0.29, 0.717) is 36.1 Å². The van der Waals surface area contributed by atoms with Crippen LogP contribution in [0.3, 0.4) is 0 Å². The monoisotopic (exact) mass is 349 g/mol. The number of nitrogens with zero attached hydrogens (tertiary/aromatic N) is 2. The number of hydrogen-bond donors (Lipinski definition) is 1. The summed E-state index contributed by atoms with van der Waals surface area (Å²) in [7, 11) is 0. The van der Waals surface area contributed by atoms with Gasteiger partial charge in [-0.05, 0) is 31.0 Å². The number of alkyl halides is 2. The van der Waals surface area contributed by atoms with Crippen molar-refractivity contribution in [3.05, 3.63) is 35.7 Å². The predicted octanol–water partition coefficient (Wildman–Crippen LogP) is 3.11. The molecule has 1 aliphatic heterocycles. The van der Waals surface area contributed by atoms with Crippen molar-refractivity contribution in [3.8, 4) is 11.5 Å². The Morgan fingerprint density at radius 1 is 1.24 bits per heavy atom. The Bertz CT molecular complexity index is 802. The highest BCUT2D eigenvalue weighted by molar-refractivity contribution is 5.91. The van der Waals surface area contributed by atoms with E-state index in [2.05, 4.69) is 10.4 Å². The van der Waals surface area contributed by atoms with Crippen molar-refractivity contribution in [2.45, 2.75) is 31.7 Å². The number of halogens is 2. The normalized spacial score (nSPS) is 16.1. The Morgan fingerprint density at radius 2 is 2.00 bits per heavy atom. The molecule has 0 saturated heterocycles. The summed E-state index contributed by atoms with van der Waals surface area (Å²) in [5, 5.41) is 6.86. The van der Waals surface area contributed by atoms with E-state index in [1.54, 1.807) is 18.2 Å². The number of fused-ring (bicyclic) bond motifs is 1. The molecule has 25 heavy (non-hydrogen) atoms. The average Bonchev–Trinajstić information content (AvgIpc) is 3.35. The van der Waals surface area contributed by atoms with Gasteiger partial charge in [-0.15, -0.1) is 0 Å². The lowest BCUT2D eigenvalue weighted by Gasteiger charge is -2.19. The van der Waals surface area contributed by atoms with Gasteiger partial charge >= 0.3 is 0 Å². The fourth-order valence-corrected chi connectivity index (χ4v) is 2.79. The molecule has 132 valence electrons. The Balaban J connectivity index is 1.47. The van der Waals surface area contributed by atoms with Gasteiger partial charge < -0.3 is 14.8 Å². The van der Waals surface area contributed by atoms with Gasteiger partial charge in [0.2, 0.25) is 5.91 Å². The molecular weight excluding hydrogens is 332 g/mol. The number of rotatable bonds is 5. The fraction of sp³-hybridized carbons (Fsp3) is 0.412. The van der Waals surface area contributed by atoms with Crippen molar-refractivity contribution in [3.63, 3.8) is 0 Å². The molecule has 2 heterocycles. The van der Waals surface area contributed by atoms with Gasteiger partial charge in [0, 0.05) is 17.7 Å². The zero-order chi connectivity index (χ0) is 17.4. The number of aromatic nitrogens is 2. The molecule has 8 heteroatoms. The Morgan fingerprint density at radius 3 is 2.72 bits per heavy atom. The van der Waals surface area contributed by atoms with Gasteiger partial charge in [0.25, 0.3) is 6.43 Å². The van der Waals surface area contributed by atoms with Crippen LogP contribution in [-0.4, -0.2) is 28.9 Å². The third-order valence-electron chi connectivity index (χ3n) is 4.17. The van der Waals surface area contributed by atoms with Gasteiger partial charge in [0.1, 0.15) is 25.5 Å². The summed E-state index contributed by atoms with van der Waals surface area (Å²) < 4.78 is 38.3. The zero-order valence-corrected chi connectivity index (χ0v) is 13.4. The fourth-order valence-electron chi connectivity index (χ4n) is 2.79. The molecule has 1 aliphatic carbocycles. The molecule has 0 bridgehead atoms. The summed E-state index contributed by atoms with van der Waals surface area (Å²) in [6.45, 7) is 0.665. The molecule has 2 aliphatic rings. The number of carbonyl (C=O) groups is 1. The smallest absolute Gasteiger partial charge is 0.280 e. The molecular formula is C17H17F2N3O3. The highest BCUT2D eigenvalue weighted by Crippen LogP contribution is 2.40. The van der Waals surface area contributed by atoms with E-state index >= 15 is 0 Å². The minimum atomic E-state index is -2.66. The molecule has 0 radical (unpaired) electrons. The second kappa shape index (κ2) is 6.34. The number of anilines is 1. The van der Waals surface area contributed by atoms with Crippen LogP contribution in [0, 0.1) is 0 Å². The minimum Gasteiger partial charge on any atom is -0.486 e. The van der Waals surface area contributed by atoms with Crippen molar-refractivity contribution in [2.75, 3.05) is 18.5 Å². The third-order valence-corrected chi connectivity index (χ3v) is 4.17. The summed E-state index contributed by atoms with van der Waals surface area (Å²) in [6.07, 6.45) is -0.742. The molecule has 1 saturated carbocycles. The lowest BCUT2D eigenvalue weighted by atomic mass is 10.2. The maximum Gasteiger partial charge on any atom is 0.280 e. The Kier molecular flexibility index (Phi) is 4.03. The second-order valence-electron chi connectivity index (χ2n) is 6.13. The number of nitrogens with one attached hydrogen (secondary N) is 1.